The van der Waals surface area contributed by atoms with Crippen LogP contribution in [0.25, 0.3) is 0 Å². The Morgan fingerprint density at radius 3 is 2.16 bits per heavy atom. The molecule has 19 heavy (non-hydrogen) atoms. The quantitative estimate of drug-likeness (QED) is 0.791. The molecule has 1 atom stereocenters. The molecule has 1 rings (SSSR count). The number of likely N-dealkylation sites (tertiary alicyclic amines) is 1. The lowest BCUT2D eigenvalue weighted by molar-refractivity contribution is -0.158. The third-order valence-corrected chi connectivity index (χ3v) is 2.97. The summed E-state index contributed by atoms with van der Waals surface area (Å²) in [6.07, 6.45) is -3.13. The third-order valence-electron chi connectivity index (χ3n) is 2.97. The van der Waals surface area contributed by atoms with Crippen LogP contribution in [0.3, 0.4) is 0 Å². The van der Waals surface area contributed by atoms with Gasteiger partial charge in [-0.25, -0.2) is 14.0 Å². The number of aliphatic carboxylic acids is 1. The fourth-order valence-corrected chi connectivity index (χ4v) is 1.89. The summed E-state index contributed by atoms with van der Waals surface area (Å²) < 4.78 is 18.6. The molecule has 2 N–H and O–H groups in total. The van der Waals surface area contributed by atoms with E-state index in [2.05, 4.69) is 0 Å². The van der Waals surface area contributed by atoms with E-state index in [1.54, 1.807) is 20.8 Å². The molecule has 7 heteroatoms. The van der Waals surface area contributed by atoms with Crippen LogP contribution in [0.2, 0.25) is 0 Å². The third kappa shape index (κ3) is 4.05. The first-order chi connectivity index (χ1) is 8.55. The van der Waals surface area contributed by atoms with Gasteiger partial charge in [0.1, 0.15) is 11.2 Å². The van der Waals surface area contributed by atoms with Crippen molar-refractivity contribution in [2.45, 2.75) is 51.0 Å². The zero-order valence-corrected chi connectivity index (χ0v) is 11.4. The predicted molar refractivity (Wildman–Crippen MR) is 64.5 cm³/mol. The molecule has 1 saturated heterocycles. The van der Waals surface area contributed by atoms with Gasteiger partial charge in [0.15, 0.2) is 0 Å². The Hall–Kier alpha value is -1.37. The normalized spacial score (nSPS) is 20.8. The Labute approximate surface area is 111 Å². The van der Waals surface area contributed by atoms with Crippen LogP contribution < -0.4 is 0 Å². The SMILES string of the molecule is CC(C)(C)OC(=O)N1CCC(O)(C(F)C(=O)O)CC1. The number of nitrogens with zero attached hydrogens (tertiary/aromatic N) is 1. The van der Waals surface area contributed by atoms with Crippen molar-refractivity contribution in [3.05, 3.63) is 0 Å². The van der Waals surface area contributed by atoms with Crippen molar-refractivity contribution < 1.29 is 28.9 Å². The molecule has 1 aliphatic heterocycles. The highest BCUT2D eigenvalue weighted by atomic mass is 19.1. The molecule has 1 amide bonds. The van der Waals surface area contributed by atoms with Crippen LogP contribution in [-0.4, -0.2) is 57.6 Å². The number of hydrogen-bond donors (Lipinski definition) is 2. The molecular formula is C12H20FNO5. The average Bonchev–Trinajstić information content (AvgIpc) is 2.26. The van der Waals surface area contributed by atoms with Gasteiger partial charge in [0.25, 0.3) is 0 Å². The second-order valence-electron chi connectivity index (χ2n) is 5.77. The van der Waals surface area contributed by atoms with Crippen LogP contribution in [0.5, 0.6) is 0 Å². The number of aliphatic hydroxyl groups is 1. The van der Waals surface area contributed by atoms with Crippen molar-refractivity contribution in [3.63, 3.8) is 0 Å². The maximum absolute atomic E-state index is 13.4. The fourth-order valence-electron chi connectivity index (χ4n) is 1.89. The van der Waals surface area contributed by atoms with E-state index >= 15 is 0 Å². The molecular weight excluding hydrogens is 257 g/mol. The topological polar surface area (TPSA) is 87.1 Å². The van der Waals surface area contributed by atoms with Gasteiger partial charge in [-0.3, -0.25) is 0 Å². The zero-order valence-electron chi connectivity index (χ0n) is 11.4. The van der Waals surface area contributed by atoms with Gasteiger partial charge in [-0.05, 0) is 33.6 Å². The number of carboxylic acids is 1. The summed E-state index contributed by atoms with van der Waals surface area (Å²) in [6.45, 7) is 5.33. The minimum atomic E-state index is -2.34. The smallest absolute Gasteiger partial charge is 0.410 e. The van der Waals surface area contributed by atoms with Crippen molar-refractivity contribution >= 4 is 12.1 Å². The fraction of sp³-hybridized carbons (Fsp3) is 0.833. The molecule has 1 heterocycles. The number of carbonyl (C=O) groups excluding carboxylic acids is 1. The monoisotopic (exact) mass is 277 g/mol. The Kier molecular flexibility index (Phi) is 4.39. The number of alkyl halides is 1. The minimum Gasteiger partial charge on any atom is -0.479 e. The van der Waals surface area contributed by atoms with Crippen LogP contribution in [0.4, 0.5) is 9.18 Å². The van der Waals surface area contributed by atoms with Crippen molar-refractivity contribution in [2.75, 3.05) is 13.1 Å². The molecule has 0 aromatic rings. The van der Waals surface area contributed by atoms with Crippen molar-refractivity contribution in [3.8, 4) is 0 Å². The molecule has 110 valence electrons. The first-order valence-corrected chi connectivity index (χ1v) is 6.12. The van der Waals surface area contributed by atoms with Gasteiger partial charge in [0.05, 0.1) is 0 Å². The number of ether oxygens (including phenoxy) is 1. The summed E-state index contributed by atoms with van der Waals surface area (Å²) >= 11 is 0. The summed E-state index contributed by atoms with van der Waals surface area (Å²) in [4.78, 5) is 23.6. The van der Waals surface area contributed by atoms with E-state index in [9.17, 15) is 19.1 Å². The maximum atomic E-state index is 13.4. The van der Waals surface area contributed by atoms with Gasteiger partial charge in [-0.15, -0.1) is 0 Å². The van der Waals surface area contributed by atoms with Gasteiger partial charge in [0, 0.05) is 13.1 Å². The summed E-state index contributed by atoms with van der Waals surface area (Å²) in [5, 5.41) is 18.5. The van der Waals surface area contributed by atoms with Crippen LogP contribution in [-0.2, 0) is 9.53 Å². The van der Waals surface area contributed by atoms with E-state index in [1.165, 1.54) is 4.90 Å². The zero-order chi connectivity index (χ0) is 14.8. The molecule has 0 spiro atoms. The first kappa shape index (κ1) is 15.7. The summed E-state index contributed by atoms with van der Waals surface area (Å²) in [6, 6.07) is 0. The highest BCUT2D eigenvalue weighted by Crippen LogP contribution is 2.28. The molecule has 6 nitrogen and oxygen atoms in total. The maximum Gasteiger partial charge on any atom is 0.410 e. The van der Waals surface area contributed by atoms with Gasteiger partial charge in [-0.1, -0.05) is 0 Å². The van der Waals surface area contributed by atoms with E-state index in [4.69, 9.17) is 9.84 Å². The van der Waals surface area contributed by atoms with Gasteiger partial charge < -0.3 is 19.8 Å². The van der Waals surface area contributed by atoms with Crippen LogP contribution in [0, 0.1) is 0 Å². The standard InChI is InChI=1S/C12H20FNO5/c1-11(2,3)19-10(17)14-6-4-12(18,5-7-14)8(13)9(15)16/h8,18H,4-7H2,1-3H3,(H,15,16). The molecule has 0 aromatic carbocycles. The Morgan fingerprint density at radius 2 is 1.79 bits per heavy atom. The molecule has 1 unspecified atom stereocenters. The number of hydrogen-bond acceptors (Lipinski definition) is 4. The molecule has 0 aliphatic carbocycles. The number of carboxylic acid groups (broad SMARTS) is 1. The van der Waals surface area contributed by atoms with Gasteiger partial charge in [0.2, 0.25) is 6.17 Å². The number of halogens is 1. The highest BCUT2D eigenvalue weighted by Gasteiger charge is 2.45. The van der Waals surface area contributed by atoms with Crippen molar-refractivity contribution in [1.82, 2.24) is 4.90 Å². The number of carbonyl (C=O) groups is 2. The van der Waals surface area contributed by atoms with Crippen LogP contribution in [0.15, 0.2) is 0 Å². The minimum absolute atomic E-state index is 0.0686. The number of amides is 1. The van der Waals surface area contributed by atoms with Gasteiger partial charge >= 0.3 is 12.1 Å². The molecule has 0 bridgehead atoms. The largest absolute Gasteiger partial charge is 0.479 e. The molecule has 0 aromatic heterocycles. The van der Waals surface area contributed by atoms with Crippen molar-refractivity contribution in [2.24, 2.45) is 0 Å². The molecule has 1 fully saturated rings. The average molecular weight is 277 g/mol. The number of piperidine rings is 1. The van der Waals surface area contributed by atoms with Crippen molar-refractivity contribution in [1.29, 1.82) is 0 Å². The van der Waals surface area contributed by atoms with Gasteiger partial charge in [-0.2, -0.15) is 0 Å². The molecule has 1 aliphatic rings. The Morgan fingerprint density at radius 1 is 1.32 bits per heavy atom. The van der Waals surface area contributed by atoms with E-state index in [0.29, 0.717) is 0 Å². The lowest BCUT2D eigenvalue weighted by Gasteiger charge is -2.38. The summed E-state index contributed by atoms with van der Waals surface area (Å²) in [5.41, 5.74) is -2.54. The van der Waals surface area contributed by atoms with Crippen LogP contribution >= 0.6 is 0 Å². The first-order valence-electron chi connectivity index (χ1n) is 6.12. The van der Waals surface area contributed by atoms with E-state index in [0.717, 1.165) is 0 Å². The highest BCUT2D eigenvalue weighted by molar-refractivity contribution is 5.74. The lowest BCUT2D eigenvalue weighted by atomic mass is 9.87. The summed E-state index contributed by atoms with van der Waals surface area (Å²) in [7, 11) is 0. The van der Waals surface area contributed by atoms with E-state index in [1.807, 2.05) is 0 Å². The van der Waals surface area contributed by atoms with Crippen LogP contribution in [0.1, 0.15) is 33.6 Å². The molecule has 0 saturated carbocycles. The Bertz CT molecular complexity index is 358. The second kappa shape index (κ2) is 5.32. The summed E-state index contributed by atoms with van der Waals surface area (Å²) in [5.74, 6) is -1.69. The second-order valence-corrected chi connectivity index (χ2v) is 5.77. The van der Waals surface area contributed by atoms with E-state index < -0.39 is 29.4 Å². The van der Waals surface area contributed by atoms with E-state index in [-0.39, 0.29) is 25.9 Å². The Balaban J connectivity index is 2.58. The lowest BCUT2D eigenvalue weighted by Crippen LogP contribution is -2.54. The number of rotatable bonds is 2. The molecule has 0 radical (unpaired) electrons. The predicted octanol–water partition coefficient (Wildman–Crippen LogP) is 1.17.